The van der Waals surface area contributed by atoms with Gasteiger partial charge in [-0.05, 0) is 25.7 Å². The Labute approximate surface area is 102 Å². The highest BCUT2D eigenvalue weighted by Gasteiger charge is 1.97. The van der Waals surface area contributed by atoms with Crippen molar-refractivity contribution in [3.05, 3.63) is 0 Å². The Hall–Kier alpha value is -0.0800. The van der Waals surface area contributed by atoms with E-state index in [4.69, 9.17) is 10.2 Å². The quantitative estimate of drug-likeness (QED) is 0.626. The van der Waals surface area contributed by atoms with Crippen LogP contribution in [0.4, 0.5) is 0 Å². The lowest BCUT2D eigenvalue weighted by Gasteiger charge is -2.04. The minimum Gasteiger partial charge on any atom is -0.396 e. The van der Waals surface area contributed by atoms with Crippen LogP contribution in [0.2, 0.25) is 0 Å². The van der Waals surface area contributed by atoms with Crippen LogP contribution in [-0.2, 0) is 0 Å². The summed E-state index contributed by atoms with van der Waals surface area (Å²) in [5.41, 5.74) is 0. The number of unbranched alkanes of at least 4 members (excludes halogenated alkanes) is 5. The minimum absolute atomic E-state index is 0.125. The molecule has 0 aliphatic rings. The van der Waals surface area contributed by atoms with Crippen molar-refractivity contribution in [2.24, 2.45) is 5.92 Å². The van der Waals surface area contributed by atoms with E-state index in [9.17, 15) is 0 Å². The molecule has 0 aliphatic heterocycles. The largest absolute Gasteiger partial charge is 0.396 e. The first-order valence-electron chi connectivity index (χ1n) is 6.83. The van der Waals surface area contributed by atoms with Gasteiger partial charge in [0.05, 0.1) is 6.10 Å². The van der Waals surface area contributed by atoms with Crippen molar-refractivity contribution >= 4 is 0 Å². The van der Waals surface area contributed by atoms with E-state index < -0.39 is 0 Å². The molecule has 1 atom stereocenters. The maximum Gasteiger partial charge on any atom is 0.0514 e. The van der Waals surface area contributed by atoms with Crippen LogP contribution in [0.5, 0.6) is 0 Å². The molecule has 0 radical (unpaired) electrons. The van der Waals surface area contributed by atoms with Crippen LogP contribution in [0.15, 0.2) is 0 Å². The summed E-state index contributed by atoms with van der Waals surface area (Å²) in [7, 11) is 0. The molecule has 0 heterocycles. The Morgan fingerprint density at radius 2 is 1.38 bits per heavy atom. The Kier molecular flexibility index (Phi) is 17.1. The second-order valence-corrected chi connectivity index (χ2v) is 4.97. The van der Waals surface area contributed by atoms with Crippen molar-refractivity contribution in [2.45, 2.75) is 78.7 Å². The molecular formula is C14H32O2. The maximum absolute atomic E-state index is 8.72. The van der Waals surface area contributed by atoms with Gasteiger partial charge in [-0.25, -0.2) is 0 Å². The number of hydrogen-bond donors (Lipinski definition) is 2. The summed E-state index contributed by atoms with van der Waals surface area (Å²) in [5, 5.41) is 17.1. The number of aliphatic hydroxyl groups is 2. The van der Waals surface area contributed by atoms with Gasteiger partial charge in [-0.15, -0.1) is 0 Å². The fraction of sp³-hybridized carbons (Fsp3) is 1.00. The average Bonchev–Trinajstić information content (AvgIpc) is 2.16. The summed E-state index contributed by atoms with van der Waals surface area (Å²) in [6, 6.07) is 0. The van der Waals surface area contributed by atoms with Crippen molar-refractivity contribution in [1.82, 2.24) is 0 Å². The first-order valence-corrected chi connectivity index (χ1v) is 6.83. The summed E-state index contributed by atoms with van der Waals surface area (Å²) in [6.07, 6.45) is 8.29. The van der Waals surface area contributed by atoms with Gasteiger partial charge in [0, 0.05) is 6.61 Å². The predicted octanol–water partition coefficient (Wildman–Crippen LogP) is 3.75. The lowest BCUT2D eigenvalue weighted by molar-refractivity contribution is 0.168. The Morgan fingerprint density at radius 1 is 0.875 bits per heavy atom. The fourth-order valence-electron chi connectivity index (χ4n) is 1.57. The van der Waals surface area contributed by atoms with E-state index in [0.717, 1.165) is 12.8 Å². The van der Waals surface area contributed by atoms with Gasteiger partial charge in [0.1, 0.15) is 0 Å². The molecule has 0 amide bonds. The van der Waals surface area contributed by atoms with Crippen LogP contribution in [0.3, 0.4) is 0 Å². The monoisotopic (exact) mass is 232 g/mol. The van der Waals surface area contributed by atoms with E-state index in [1.165, 1.54) is 32.1 Å². The zero-order valence-corrected chi connectivity index (χ0v) is 11.7. The van der Waals surface area contributed by atoms with Gasteiger partial charge in [0.25, 0.3) is 0 Å². The molecule has 0 spiro atoms. The van der Waals surface area contributed by atoms with Gasteiger partial charge in [0.15, 0.2) is 0 Å². The van der Waals surface area contributed by atoms with Crippen molar-refractivity contribution < 1.29 is 10.2 Å². The van der Waals surface area contributed by atoms with Gasteiger partial charge in [-0.2, -0.15) is 0 Å². The van der Waals surface area contributed by atoms with Crippen molar-refractivity contribution in [1.29, 1.82) is 0 Å². The molecule has 0 aromatic heterocycles. The Balaban J connectivity index is 0. The Morgan fingerprint density at radius 3 is 1.69 bits per heavy atom. The van der Waals surface area contributed by atoms with E-state index in [1.807, 2.05) is 6.92 Å². The summed E-state index contributed by atoms with van der Waals surface area (Å²) in [4.78, 5) is 0. The zero-order chi connectivity index (χ0) is 12.8. The van der Waals surface area contributed by atoms with Gasteiger partial charge in [0.2, 0.25) is 0 Å². The standard InChI is InChI=1S/C8H18O.C6H14O/c1-2-3-4-5-6-7-8-9;1-5(2)4-6(3)7/h9H,2-8H2,1H3;5-7H,4H2,1-3H3. The van der Waals surface area contributed by atoms with Crippen molar-refractivity contribution in [2.75, 3.05) is 6.61 Å². The zero-order valence-electron chi connectivity index (χ0n) is 11.7. The second-order valence-electron chi connectivity index (χ2n) is 4.97. The topological polar surface area (TPSA) is 40.5 Å². The van der Waals surface area contributed by atoms with E-state index in [2.05, 4.69) is 20.8 Å². The molecule has 16 heavy (non-hydrogen) atoms. The SMILES string of the molecule is CC(C)CC(C)O.CCCCCCCCO. The molecule has 2 N–H and O–H groups in total. The maximum atomic E-state index is 8.72. The number of hydrogen-bond acceptors (Lipinski definition) is 2. The van der Waals surface area contributed by atoms with Crippen LogP contribution in [-0.4, -0.2) is 22.9 Å². The highest BCUT2D eigenvalue weighted by atomic mass is 16.3. The minimum atomic E-state index is -0.125. The first-order chi connectivity index (χ1) is 7.54. The molecule has 2 nitrogen and oxygen atoms in total. The van der Waals surface area contributed by atoms with Gasteiger partial charge in [-0.1, -0.05) is 52.9 Å². The molecule has 0 aromatic rings. The highest BCUT2D eigenvalue weighted by molar-refractivity contribution is 4.49. The van der Waals surface area contributed by atoms with E-state index in [0.29, 0.717) is 12.5 Å². The molecule has 0 aliphatic carbocycles. The van der Waals surface area contributed by atoms with Crippen LogP contribution >= 0.6 is 0 Å². The Bertz CT molecular complexity index is 99.3. The van der Waals surface area contributed by atoms with Gasteiger partial charge >= 0.3 is 0 Å². The van der Waals surface area contributed by atoms with Crippen LogP contribution in [0.1, 0.15) is 72.6 Å². The lowest BCUT2D eigenvalue weighted by Crippen LogP contribution is -2.03. The van der Waals surface area contributed by atoms with E-state index in [1.54, 1.807) is 0 Å². The average molecular weight is 232 g/mol. The molecule has 0 bridgehead atoms. The molecule has 100 valence electrons. The number of aliphatic hydroxyl groups excluding tert-OH is 2. The molecule has 0 aromatic carbocycles. The molecule has 0 saturated heterocycles. The first kappa shape index (κ1) is 18.3. The van der Waals surface area contributed by atoms with Crippen LogP contribution in [0, 0.1) is 5.92 Å². The predicted molar refractivity (Wildman–Crippen MR) is 71.6 cm³/mol. The molecule has 1 unspecified atom stereocenters. The molecule has 0 rings (SSSR count). The van der Waals surface area contributed by atoms with Crippen molar-refractivity contribution in [3.63, 3.8) is 0 Å². The fourth-order valence-corrected chi connectivity index (χ4v) is 1.57. The third-order valence-electron chi connectivity index (χ3n) is 2.32. The highest BCUT2D eigenvalue weighted by Crippen LogP contribution is 2.03. The summed E-state index contributed by atoms with van der Waals surface area (Å²) in [5.74, 6) is 0.625. The van der Waals surface area contributed by atoms with Gasteiger partial charge in [-0.3, -0.25) is 0 Å². The lowest BCUT2D eigenvalue weighted by atomic mass is 10.1. The van der Waals surface area contributed by atoms with Crippen LogP contribution in [0.25, 0.3) is 0 Å². The third-order valence-corrected chi connectivity index (χ3v) is 2.32. The second kappa shape index (κ2) is 14.9. The molecule has 0 fully saturated rings. The molecule has 0 saturated carbocycles. The van der Waals surface area contributed by atoms with E-state index >= 15 is 0 Å². The molecular weight excluding hydrogens is 200 g/mol. The molecule has 2 heteroatoms. The van der Waals surface area contributed by atoms with E-state index in [-0.39, 0.29) is 6.10 Å². The summed E-state index contributed by atoms with van der Waals surface area (Å²) < 4.78 is 0. The van der Waals surface area contributed by atoms with Crippen LogP contribution < -0.4 is 0 Å². The normalized spacial score (nSPS) is 12.2. The number of rotatable bonds is 8. The summed E-state index contributed by atoms with van der Waals surface area (Å²) in [6.45, 7) is 8.61. The summed E-state index contributed by atoms with van der Waals surface area (Å²) >= 11 is 0. The smallest absolute Gasteiger partial charge is 0.0514 e. The van der Waals surface area contributed by atoms with Gasteiger partial charge < -0.3 is 10.2 Å². The van der Waals surface area contributed by atoms with Crippen molar-refractivity contribution in [3.8, 4) is 0 Å². The third kappa shape index (κ3) is 23.6.